The summed E-state index contributed by atoms with van der Waals surface area (Å²) in [5, 5.41) is 7.51. The minimum atomic E-state index is -0.431. The minimum absolute atomic E-state index is 0.254. The van der Waals surface area contributed by atoms with E-state index in [4.69, 9.17) is 8.94 Å². The van der Waals surface area contributed by atoms with E-state index in [0.717, 1.165) is 5.52 Å². The molecule has 34 heavy (non-hydrogen) atoms. The second kappa shape index (κ2) is 8.47. The molecule has 1 N–H and O–H groups in total. The third-order valence-corrected chi connectivity index (χ3v) is 5.69. The predicted octanol–water partition coefficient (Wildman–Crippen LogP) is 5.03. The lowest BCUT2D eigenvalue weighted by atomic mass is 9.97. The molecule has 5 aromatic rings. The summed E-state index contributed by atoms with van der Waals surface area (Å²) in [7, 11) is 1.80. The quantitative estimate of drug-likeness (QED) is 0.361. The monoisotopic (exact) mass is 457 g/mol. The molecule has 3 heterocycles. The molecular weight excluding hydrogens is 437 g/mol. The number of ketones is 1. The van der Waals surface area contributed by atoms with Crippen molar-refractivity contribution in [2.24, 2.45) is 7.05 Å². The maximum Gasteiger partial charge on any atom is 0.251 e. The number of halogens is 1. The fourth-order valence-electron chi connectivity index (χ4n) is 4.00. The van der Waals surface area contributed by atoms with Crippen LogP contribution in [0.5, 0.6) is 0 Å². The lowest BCUT2D eigenvalue weighted by Crippen LogP contribution is -2.22. The smallest absolute Gasteiger partial charge is 0.251 e. The zero-order valence-corrected chi connectivity index (χ0v) is 18.5. The highest BCUT2D eigenvalue weighted by Crippen LogP contribution is 2.31. The van der Waals surface area contributed by atoms with Gasteiger partial charge in [-0.25, -0.2) is 4.39 Å². The summed E-state index contributed by atoms with van der Waals surface area (Å²) in [6.07, 6.45) is 3.26. The summed E-state index contributed by atoms with van der Waals surface area (Å²) in [6.45, 7) is 1.92. The van der Waals surface area contributed by atoms with Crippen LogP contribution in [0.2, 0.25) is 0 Å². The second-order valence-electron chi connectivity index (χ2n) is 7.95. The molecule has 0 atom stereocenters. The van der Waals surface area contributed by atoms with Crippen molar-refractivity contribution in [1.29, 1.82) is 0 Å². The topological polar surface area (TPSA) is 90.3 Å². The van der Waals surface area contributed by atoms with Gasteiger partial charge in [0.05, 0.1) is 18.4 Å². The number of hydrogen-bond donors (Lipinski definition) is 1. The van der Waals surface area contributed by atoms with E-state index in [9.17, 15) is 14.0 Å². The molecule has 5 rings (SSSR count). The Kier molecular flexibility index (Phi) is 5.33. The highest BCUT2D eigenvalue weighted by molar-refractivity contribution is 6.19. The number of fused-ring (bicyclic) bond motifs is 1. The molecule has 0 aliphatic carbocycles. The van der Waals surface area contributed by atoms with Crippen LogP contribution in [0.1, 0.15) is 37.8 Å². The third-order valence-electron chi connectivity index (χ3n) is 5.69. The molecule has 0 unspecified atom stereocenters. The Morgan fingerprint density at radius 3 is 2.74 bits per heavy atom. The summed E-state index contributed by atoms with van der Waals surface area (Å²) in [5.74, 6) is 0.0170. The third kappa shape index (κ3) is 3.79. The largest absolute Gasteiger partial charge is 0.467 e. The predicted molar refractivity (Wildman–Crippen MR) is 123 cm³/mol. The Hall–Kier alpha value is -4.46. The molecule has 0 spiro atoms. The van der Waals surface area contributed by atoms with E-state index in [-0.39, 0.29) is 29.5 Å². The average Bonchev–Trinajstić information content (AvgIpc) is 3.56. The molecular formula is C26H20FN3O4. The molecule has 0 bridgehead atoms. The van der Waals surface area contributed by atoms with E-state index in [1.807, 2.05) is 0 Å². The van der Waals surface area contributed by atoms with Crippen LogP contribution in [0.25, 0.3) is 22.2 Å². The van der Waals surface area contributed by atoms with Crippen molar-refractivity contribution in [3.63, 3.8) is 0 Å². The summed E-state index contributed by atoms with van der Waals surface area (Å²) in [6, 6.07) is 14.6. The van der Waals surface area contributed by atoms with E-state index in [2.05, 4.69) is 10.5 Å². The lowest BCUT2D eigenvalue weighted by molar-refractivity contribution is 0.0947. The van der Waals surface area contributed by atoms with E-state index < -0.39 is 5.82 Å². The van der Waals surface area contributed by atoms with Crippen LogP contribution in [-0.4, -0.2) is 21.4 Å². The number of aryl methyl sites for hydroxylation is 2. The number of furan rings is 1. The molecule has 0 fully saturated rings. The number of nitrogens with one attached hydrogen (secondary N) is 1. The van der Waals surface area contributed by atoms with Gasteiger partial charge < -0.3 is 18.8 Å². The second-order valence-corrected chi connectivity index (χ2v) is 7.95. The van der Waals surface area contributed by atoms with Gasteiger partial charge in [0.2, 0.25) is 5.78 Å². The van der Waals surface area contributed by atoms with Gasteiger partial charge in [0, 0.05) is 40.8 Å². The number of aromatic nitrogens is 2. The molecule has 0 radical (unpaired) electrons. The van der Waals surface area contributed by atoms with Crippen molar-refractivity contribution in [3.8, 4) is 11.3 Å². The van der Waals surface area contributed by atoms with Crippen molar-refractivity contribution in [2.45, 2.75) is 13.5 Å². The number of nitrogens with zero attached hydrogens (tertiary/aromatic N) is 2. The zero-order chi connectivity index (χ0) is 23.8. The first-order valence-corrected chi connectivity index (χ1v) is 10.6. The van der Waals surface area contributed by atoms with E-state index in [1.165, 1.54) is 12.1 Å². The van der Waals surface area contributed by atoms with Crippen molar-refractivity contribution in [1.82, 2.24) is 15.0 Å². The van der Waals surface area contributed by atoms with E-state index in [0.29, 0.717) is 33.6 Å². The molecule has 7 nitrogen and oxygen atoms in total. The highest BCUT2D eigenvalue weighted by atomic mass is 19.1. The SMILES string of the molecule is Cc1onc(-c2cccc(F)c2)c1C(=O)c1cn(C)c2cc(C(=O)NCc3ccco3)ccc12. The van der Waals surface area contributed by atoms with Gasteiger partial charge >= 0.3 is 0 Å². The normalized spacial score (nSPS) is 11.1. The first-order chi connectivity index (χ1) is 16.4. The van der Waals surface area contributed by atoms with Crippen LogP contribution in [0.4, 0.5) is 4.39 Å². The molecule has 8 heteroatoms. The zero-order valence-electron chi connectivity index (χ0n) is 18.5. The fourth-order valence-corrected chi connectivity index (χ4v) is 4.00. The lowest BCUT2D eigenvalue weighted by Gasteiger charge is -2.05. The molecule has 170 valence electrons. The standard InChI is InChI=1S/C26H20FN3O4/c1-15-23(24(29-34-15)16-5-3-6-18(27)11-16)25(31)21-14-30(2)22-12-17(8-9-20(21)22)26(32)28-13-19-7-4-10-33-19/h3-12,14H,13H2,1-2H3,(H,28,32). The number of amides is 1. The number of hydrogen-bond acceptors (Lipinski definition) is 5. The van der Waals surface area contributed by atoms with Crippen LogP contribution in [0.15, 0.2) is 76.0 Å². The van der Waals surface area contributed by atoms with Gasteiger partial charge in [-0.1, -0.05) is 23.4 Å². The minimum Gasteiger partial charge on any atom is -0.467 e. The maximum absolute atomic E-state index is 13.8. The molecule has 0 aliphatic heterocycles. The molecule has 0 saturated carbocycles. The fraction of sp³-hybridized carbons (Fsp3) is 0.115. The van der Waals surface area contributed by atoms with Gasteiger partial charge in [0.1, 0.15) is 23.0 Å². The molecule has 3 aromatic heterocycles. The summed E-state index contributed by atoms with van der Waals surface area (Å²) < 4.78 is 26.1. The van der Waals surface area contributed by atoms with Crippen LogP contribution >= 0.6 is 0 Å². The Bertz CT molecular complexity index is 1530. The Morgan fingerprint density at radius 2 is 1.97 bits per heavy atom. The maximum atomic E-state index is 13.8. The molecule has 0 aliphatic rings. The Labute approximate surface area is 193 Å². The highest BCUT2D eigenvalue weighted by Gasteiger charge is 2.26. The first-order valence-electron chi connectivity index (χ1n) is 10.6. The summed E-state index contributed by atoms with van der Waals surface area (Å²) in [5.41, 5.74) is 2.63. The summed E-state index contributed by atoms with van der Waals surface area (Å²) in [4.78, 5) is 26.2. The van der Waals surface area contributed by atoms with Crippen LogP contribution < -0.4 is 5.32 Å². The number of carbonyl (C=O) groups is 2. The molecule has 0 saturated heterocycles. The number of benzene rings is 2. The molecule has 2 aromatic carbocycles. The van der Waals surface area contributed by atoms with Crippen molar-refractivity contribution >= 4 is 22.6 Å². The van der Waals surface area contributed by atoms with Gasteiger partial charge in [-0.3, -0.25) is 9.59 Å². The van der Waals surface area contributed by atoms with Crippen LogP contribution in [0, 0.1) is 12.7 Å². The number of rotatable bonds is 6. The van der Waals surface area contributed by atoms with Gasteiger partial charge in [-0.05, 0) is 43.3 Å². The van der Waals surface area contributed by atoms with E-state index >= 15 is 0 Å². The molecule has 1 amide bonds. The number of carbonyl (C=O) groups excluding carboxylic acids is 2. The Morgan fingerprint density at radius 1 is 1.12 bits per heavy atom. The van der Waals surface area contributed by atoms with Gasteiger partial charge in [0.25, 0.3) is 5.91 Å². The van der Waals surface area contributed by atoms with Crippen LogP contribution in [0.3, 0.4) is 0 Å². The van der Waals surface area contributed by atoms with Crippen LogP contribution in [-0.2, 0) is 13.6 Å². The average molecular weight is 457 g/mol. The van der Waals surface area contributed by atoms with Gasteiger partial charge in [0.15, 0.2) is 0 Å². The first kappa shape index (κ1) is 21.4. The van der Waals surface area contributed by atoms with E-state index in [1.54, 1.807) is 73.5 Å². The van der Waals surface area contributed by atoms with Crippen molar-refractivity contribution in [2.75, 3.05) is 0 Å². The van der Waals surface area contributed by atoms with Gasteiger partial charge in [-0.2, -0.15) is 0 Å². The summed E-state index contributed by atoms with van der Waals surface area (Å²) >= 11 is 0. The van der Waals surface area contributed by atoms with Crippen molar-refractivity contribution < 1.29 is 22.9 Å². The van der Waals surface area contributed by atoms with Crippen molar-refractivity contribution in [3.05, 3.63) is 101 Å². The Balaban J connectivity index is 1.49. The van der Waals surface area contributed by atoms with Gasteiger partial charge in [-0.15, -0.1) is 0 Å².